The Morgan fingerprint density at radius 1 is 1.05 bits per heavy atom. The van der Waals surface area contributed by atoms with Crippen molar-refractivity contribution in [3.05, 3.63) is 74.4 Å². The van der Waals surface area contributed by atoms with Gasteiger partial charge < -0.3 is 14.6 Å². The Hall–Kier alpha value is -3.76. The van der Waals surface area contributed by atoms with Crippen molar-refractivity contribution in [2.24, 2.45) is 0 Å². The van der Waals surface area contributed by atoms with Gasteiger partial charge in [0.25, 0.3) is 5.91 Å². The molecule has 5 rings (SSSR count). The summed E-state index contributed by atoms with van der Waals surface area (Å²) < 4.78 is 12.5. The summed E-state index contributed by atoms with van der Waals surface area (Å²) in [5.74, 6) is -0.651. The van der Waals surface area contributed by atoms with Crippen LogP contribution >= 0.6 is 22.7 Å². The summed E-state index contributed by atoms with van der Waals surface area (Å²) in [6.07, 6.45) is 3.07. The molecule has 208 valence electrons. The molecule has 2 aromatic carbocycles. The minimum Gasteiger partial charge on any atom is -0.503 e. The first-order chi connectivity index (χ1) is 19.2. The number of aliphatic hydroxyl groups is 1. The van der Waals surface area contributed by atoms with E-state index in [4.69, 9.17) is 14.5 Å². The first kappa shape index (κ1) is 27.8. The molecule has 3 heterocycles. The van der Waals surface area contributed by atoms with Crippen molar-refractivity contribution in [2.45, 2.75) is 53.0 Å². The number of thiazole rings is 2. The second-order valence-corrected chi connectivity index (χ2v) is 12.0. The van der Waals surface area contributed by atoms with Crippen LogP contribution in [0.25, 0.3) is 10.2 Å². The van der Waals surface area contributed by atoms with Gasteiger partial charge in [-0.1, -0.05) is 43.2 Å². The zero-order valence-corrected chi connectivity index (χ0v) is 24.7. The highest BCUT2D eigenvalue weighted by atomic mass is 32.1. The fourth-order valence-corrected chi connectivity index (χ4v) is 6.81. The third kappa shape index (κ3) is 5.09. The van der Waals surface area contributed by atoms with Gasteiger partial charge >= 0.3 is 0 Å². The Kier molecular flexibility index (Phi) is 7.91. The Morgan fingerprint density at radius 3 is 2.55 bits per heavy atom. The van der Waals surface area contributed by atoms with Crippen molar-refractivity contribution in [3.63, 3.8) is 0 Å². The molecule has 1 atom stereocenters. The number of amides is 1. The third-order valence-corrected chi connectivity index (χ3v) is 8.90. The number of Topliss-reactive ketones (excluding diaryl/α,β-unsaturated/α-hetero) is 1. The summed E-state index contributed by atoms with van der Waals surface area (Å²) in [5, 5.41) is 12.3. The van der Waals surface area contributed by atoms with Crippen LogP contribution in [0.5, 0.6) is 11.5 Å². The summed E-state index contributed by atoms with van der Waals surface area (Å²) >= 11 is 2.58. The minimum atomic E-state index is -0.925. The number of nitrogens with zero attached hydrogens (tertiary/aromatic N) is 3. The third-order valence-electron chi connectivity index (χ3n) is 6.81. The molecule has 0 saturated heterocycles. The van der Waals surface area contributed by atoms with Crippen molar-refractivity contribution in [1.29, 1.82) is 0 Å². The van der Waals surface area contributed by atoms with E-state index in [1.807, 2.05) is 32.0 Å². The number of aromatic nitrogens is 2. The molecule has 0 radical (unpaired) electrons. The van der Waals surface area contributed by atoms with Crippen molar-refractivity contribution >= 4 is 49.7 Å². The molecule has 10 heteroatoms. The zero-order valence-electron chi connectivity index (χ0n) is 23.1. The van der Waals surface area contributed by atoms with E-state index < -0.39 is 23.5 Å². The number of carbonyl (C=O) groups excluding carboxylic acids is 2. The predicted octanol–water partition coefficient (Wildman–Crippen LogP) is 7.04. The Labute approximate surface area is 240 Å². The molecule has 2 aromatic heterocycles. The number of ketones is 1. The summed E-state index contributed by atoms with van der Waals surface area (Å²) in [4.78, 5) is 38.5. The topological polar surface area (TPSA) is 102 Å². The summed E-state index contributed by atoms with van der Waals surface area (Å²) in [6, 6.07) is 10.3. The first-order valence-electron chi connectivity index (χ1n) is 13.2. The van der Waals surface area contributed by atoms with Crippen molar-refractivity contribution in [2.75, 3.05) is 18.6 Å². The van der Waals surface area contributed by atoms with E-state index in [9.17, 15) is 14.7 Å². The predicted molar refractivity (Wildman–Crippen MR) is 158 cm³/mol. The van der Waals surface area contributed by atoms with Crippen LogP contribution in [-0.2, 0) is 4.79 Å². The maximum atomic E-state index is 13.9. The van der Waals surface area contributed by atoms with Crippen LogP contribution in [0.2, 0.25) is 0 Å². The first-order valence-corrected chi connectivity index (χ1v) is 14.8. The number of aryl methyl sites for hydroxylation is 3. The van der Waals surface area contributed by atoms with Gasteiger partial charge in [-0.05, 0) is 62.6 Å². The van der Waals surface area contributed by atoms with Crippen LogP contribution < -0.4 is 14.4 Å². The van der Waals surface area contributed by atoms with Crippen molar-refractivity contribution in [1.82, 2.24) is 9.97 Å². The number of hydrogen-bond donors (Lipinski definition) is 1. The van der Waals surface area contributed by atoms with E-state index in [1.54, 1.807) is 32.2 Å². The van der Waals surface area contributed by atoms with Gasteiger partial charge in [-0.2, -0.15) is 0 Å². The number of ether oxygens (including phenoxy) is 2. The maximum absolute atomic E-state index is 13.9. The molecule has 0 saturated carbocycles. The van der Waals surface area contributed by atoms with Gasteiger partial charge in [0.2, 0.25) is 5.78 Å². The smallest absolute Gasteiger partial charge is 0.296 e. The number of aliphatic hydroxyl groups excluding tert-OH is 1. The molecule has 0 spiro atoms. The Bertz CT molecular complexity index is 1640. The highest BCUT2D eigenvalue weighted by Crippen LogP contribution is 2.46. The minimum absolute atomic E-state index is 0.00847. The Balaban J connectivity index is 1.62. The molecule has 8 nitrogen and oxygen atoms in total. The van der Waals surface area contributed by atoms with Crippen LogP contribution in [-0.4, -0.2) is 40.5 Å². The van der Waals surface area contributed by atoms with Gasteiger partial charge in [0.05, 0.1) is 51.1 Å². The largest absolute Gasteiger partial charge is 0.503 e. The summed E-state index contributed by atoms with van der Waals surface area (Å²) in [7, 11) is 1.55. The van der Waals surface area contributed by atoms with E-state index in [-0.39, 0.29) is 5.57 Å². The number of fused-ring (bicyclic) bond motifs is 1. The van der Waals surface area contributed by atoms with Crippen LogP contribution in [0.1, 0.15) is 63.7 Å². The lowest BCUT2D eigenvalue weighted by Gasteiger charge is -2.25. The molecule has 0 fully saturated rings. The molecule has 1 N–H and O–H groups in total. The fraction of sp³-hybridized carbons (Fsp3) is 0.333. The lowest BCUT2D eigenvalue weighted by atomic mass is 9.95. The molecule has 0 aliphatic carbocycles. The van der Waals surface area contributed by atoms with E-state index >= 15 is 0 Å². The molecular weight excluding hydrogens is 546 g/mol. The van der Waals surface area contributed by atoms with Crippen LogP contribution in [0.3, 0.4) is 0 Å². The summed E-state index contributed by atoms with van der Waals surface area (Å²) in [6.45, 7) is 8.25. The number of hydrogen-bond acceptors (Lipinski definition) is 9. The molecule has 1 aliphatic heterocycles. The number of carbonyl (C=O) groups is 2. The fourth-order valence-electron chi connectivity index (χ4n) is 4.84. The van der Waals surface area contributed by atoms with E-state index in [1.165, 1.54) is 27.6 Å². The number of methoxy groups -OCH3 is 1. The molecule has 40 heavy (non-hydrogen) atoms. The molecule has 1 unspecified atom stereocenters. The monoisotopic (exact) mass is 577 g/mol. The molecular formula is C30H31N3O5S2. The SMILES string of the molecule is CCCCCOc1ccc(C2C(C(=O)c3sc(C)nc3C)=C(O)C(=O)N2c2nc3ccc(C)cc3s2)cc1OC. The standard InChI is InChI=1S/C30H31N3O5S2/c1-6-7-8-13-38-21-12-10-19(15-22(21)37-5)25-24(26(34)28-17(3)31-18(4)39-28)27(35)29(36)33(25)30-32-20-11-9-16(2)14-23(20)40-30/h9-12,14-15,25,35H,6-8,13H2,1-5H3. The van der Waals surface area contributed by atoms with Crippen LogP contribution in [0.15, 0.2) is 47.7 Å². The number of unbranched alkanes of at least 4 members (excludes halogenated alkanes) is 2. The second kappa shape index (κ2) is 11.4. The normalized spacial score (nSPS) is 15.4. The second-order valence-electron chi connectivity index (χ2n) is 9.75. The molecule has 0 bridgehead atoms. The van der Waals surface area contributed by atoms with Crippen molar-refractivity contribution < 1.29 is 24.2 Å². The van der Waals surface area contributed by atoms with Gasteiger partial charge in [0.1, 0.15) is 0 Å². The quantitative estimate of drug-likeness (QED) is 0.159. The highest BCUT2D eigenvalue weighted by Gasteiger charge is 2.46. The van der Waals surface area contributed by atoms with Crippen LogP contribution in [0.4, 0.5) is 5.13 Å². The lowest BCUT2D eigenvalue weighted by molar-refractivity contribution is -0.117. The van der Waals surface area contributed by atoms with Gasteiger partial charge in [-0.3, -0.25) is 14.5 Å². The molecule has 1 amide bonds. The zero-order chi connectivity index (χ0) is 28.6. The molecule has 4 aromatic rings. The summed E-state index contributed by atoms with van der Waals surface area (Å²) in [5.41, 5.74) is 2.94. The molecule has 1 aliphatic rings. The van der Waals surface area contributed by atoms with E-state index in [0.29, 0.717) is 39.4 Å². The average Bonchev–Trinajstić information content (AvgIpc) is 3.58. The number of anilines is 1. The van der Waals surface area contributed by atoms with Gasteiger partial charge in [0, 0.05) is 0 Å². The average molecular weight is 578 g/mol. The van der Waals surface area contributed by atoms with E-state index in [0.717, 1.165) is 40.1 Å². The number of rotatable bonds is 10. The van der Waals surface area contributed by atoms with Gasteiger partial charge in [-0.25, -0.2) is 9.97 Å². The van der Waals surface area contributed by atoms with Crippen molar-refractivity contribution in [3.8, 4) is 11.5 Å². The van der Waals surface area contributed by atoms with Gasteiger partial charge in [-0.15, -0.1) is 11.3 Å². The van der Waals surface area contributed by atoms with Crippen LogP contribution in [0, 0.1) is 20.8 Å². The van der Waals surface area contributed by atoms with Gasteiger partial charge in [0.15, 0.2) is 22.4 Å². The Morgan fingerprint density at radius 2 is 1.85 bits per heavy atom. The lowest BCUT2D eigenvalue weighted by Crippen LogP contribution is -2.31. The highest BCUT2D eigenvalue weighted by molar-refractivity contribution is 7.22. The maximum Gasteiger partial charge on any atom is 0.296 e. The van der Waals surface area contributed by atoms with E-state index in [2.05, 4.69) is 11.9 Å². The number of benzene rings is 2.